The molecule has 0 unspecified atom stereocenters. The minimum Gasteiger partial charge on any atom is -0.375 e. The Morgan fingerprint density at radius 1 is 1.37 bits per heavy atom. The fourth-order valence-electron chi connectivity index (χ4n) is 1.66. The molecule has 0 radical (unpaired) electrons. The third-order valence-corrected chi connectivity index (χ3v) is 2.94. The van der Waals surface area contributed by atoms with Crippen molar-refractivity contribution < 1.29 is 4.79 Å². The van der Waals surface area contributed by atoms with Gasteiger partial charge in [-0.3, -0.25) is 15.6 Å². The monoisotopic (exact) mass is 297 g/mol. The van der Waals surface area contributed by atoms with Gasteiger partial charge in [0.25, 0.3) is 5.91 Å². The zero-order valence-corrected chi connectivity index (χ0v) is 11.8. The molecule has 1 heterocycles. The summed E-state index contributed by atoms with van der Waals surface area (Å²) in [5, 5.41) is 1.22. The number of hydrogen-bond donors (Lipinski definition) is 2. The molecule has 0 atom stereocenters. The first-order valence-electron chi connectivity index (χ1n) is 5.64. The molecule has 0 aromatic heterocycles. The third kappa shape index (κ3) is 3.91. The highest BCUT2D eigenvalue weighted by Crippen LogP contribution is 2.16. The number of halogens is 2. The van der Waals surface area contributed by atoms with E-state index >= 15 is 0 Å². The van der Waals surface area contributed by atoms with Gasteiger partial charge in [-0.25, -0.2) is 0 Å². The SMILES string of the molecule is CN1C=C(C(=O)NNc2cccc(Cl)c2)C=C(Cl)C1. The van der Waals surface area contributed by atoms with Crippen molar-refractivity contribution in [1.29, 1.82) is 0 Å². The number of hydrogen-bond acceptors (Lipinski definition) is 3. The van der Waals surface area contributed by atoms with E-state index in [1.807, 2.05) is 11.9 Å². The van der Waals surface area contributed by atoms with Crippen molar-refractivity contribution in [1.82, 2.24) is 10.3 Å². The number of benzene rings is 1. The van der Waals surface area contributed by atoms with Gasteiger partial charge in [0, 0.05) is 23.3 Å². The normalized spacial score (nSPS) is 14.6. The van der Waals surface area contributed by atoms with E-state index < -0.39 is 0 Å². The van der Waals surface area contributed by atoms with E-state index in [1.165, 1.54) is 0 Å². The van der Waals surface area contributed by atoms with Crippen LogP contribution in [0.15, 0.2) is 47.1 Å². The number of hydrazine groups is 1. The van der Waals surface area contributed by atoms with Gasteiger partial charge in [0.05, 0.1) is 17.8 Å². The van der Waals surface area contributed by atoms with Crippen LogP contribution in [0.2, 0.25) is 5.02 Å². The highest BCUT2D eigenvalue weighted by Gasteiger charge is 2.13. The number of anilines is 1. The fourth-order valence-corrected chi connectivity index (χ4v) is 2.16. The van der Waals surface area contributed by atoms with E-state index in [0.29, 0.717) is 27.9 Å². The zero-order valence-electron chi connectivity index (χ0n) is 10.3. The minimum absolute atomic E-state index is 0.260. The molecular formula is C13H13Cl2N3O. The Morgan fingerprint density at radius 3 is 2.84 bits per heavy atom. The van der Waals surface area contributed by atoms with Gasteiger partial charge >= 0.3 is 0 Å². The Labute approximate surface area is 121 Å². The summed E-state index contributed by atoms with van der Waals surface area (Å²) in [4.78, 5) is 13.8. The van der Waals surface area contributed by atoms with Gasteiger partial charge in [0.1, 0.15) is 0 Å². The fraction of sp³-hybridized carbons (Fsp3) is 0.154. The van der Waals surface area contributed by atoms with Crippen molar-refractivity contribution in [2.75, 3.05) is 19.0 Å². The molecule has 19 heavy (non-hydrogen) atoms. The van der Waals surface area contributed by atoms with E-state index in [0.717, 1.165) is 0 Å². The molecular weight excluding hydrogens is 285 g/mol. The van der Waals surface area contributed by atoms with Crippen LogP contribution < -0.4 is 10.9 Å². The van der Waals surface area contributed by atoms with E-state index in [2.05, 4.69) is 10.9 Å². The smallest absolute Gasteiger partial charge is 0.271 e. The van der Waals surface area contributed by atoms with Gasteiger partial charge in [0.15, 0.2) is 0 Å². The average molecular weight is 298 g/mol. The molecule has 2 N–H and O–H groups in total. The number of carbonyl (C=O) groups is 1. The summed E-state index contributed by atoms with van der Waals surface area (Å²) in [6.45, 7) is 0.611. The molecule has 0 bridgehead atoms. The molecule has 0 aliphatic carbocycles. The first-order chi connectivity index (χ1) is 9.04. The molecule has 0 spiro atoms. The molecule has 2 rings (SSSR count). The van der Waals surface area contributed by atoms with Crippen molar-refractivity contribution in [3.8, 4) is 0 Å². The summed E-state index contributed by atoms with van der Waals surface area (Å²) >= 11 is 11.8. The summed E-state index contributed by atoms with van der Waals surface area (Å²) in [6.07, 6.45) is 3.39. The van der Waals surface area contributed by atoms with E-state index in [9.17, 15) is 4.79 Å². The highest BCUT2D eigenvalue weighted by atomic mass is 35.5. The second-order valence-electron chi connectivity index (χ2n) is 4.18. The summed E-state index contributed by atoms with van der Waals surface area (Å²) in [6, 6.07) is 7.07. The molecule has 0 fully saturated rings. The van der Waals surface area contributed by atoms with Crippen LogP contribution in [0.4, 0.5) is 5.69 Å². The maximum Gasteiger partial charge on any atom is 0.271 e. The highest BCUT2D eigenvalue weighted by molar-refractivity contribution is 6.31. The van der Waals surface area contributed by atoms with Gasteiger partial charge in [-0.2, -0.15) is 0 Å². The molecule has 4 nitrogen and oxygen atoms in total. The second kappa shape index (κ2) is 5.99. The lowest BCUT2D eigenvalue weighted by atomic mass is 10.2. The molecule has 1 aromatic carbocycles. The Bertz CT molecular complexity index is 555. The summed E-state index contributed by atoms with van der Waals surface area (Å²) in [5.74, 6) is -0.260. The van der Waals surface area contributed by atoms with Crippen LogP contribution in [0, 0.1) is 0 Å². The van der Waals surface area contributed by atoms with Crippen LogP contribution in [0.3, 0.4) is 0 Å². The van der Waals surface area contributed by atoms with Gasteiger partial charge < -0.3 is 4.90 Å². The summed E-state index contributed by atoms with van der Waals surface area (Å²) in [5.41, 5.74) is 6.59. The zero-order chi connectivity index (χ0) is 13.8. The van der Waals surface area contributed by atoms with Crippen LogP contribution in [-0.4, -0.2) is 24.4 Å². The van der Waals surface area contributed by atoms with Crippen LogP contribution in [0.1, 0.15) is 0 Å². The number of nitrogens with one attached hydrogen (secondary N) is 2. The van der Waals surface area contributed by atoms with Crippen molar-refractivity contribution in [2.45, 2.75) is 0 Å². The summed E-state index contributed by atoms with van der Waals surface area (Å²) < 4.78 is 0. The van der Waals surface area contributed by atoms with E-state index in [-0.39, 0.29) is 5.91 Å². The first-order valence-corrected chi connectivity index (χ1v) is 6.40. The average Bonchev–Trinajstić information content (AvgIpc) is 2.35. The number of rotatable bonds is 3. The number of carbonyl (C=O) groups excluding carboxylic acids is 1. The number of nitrogens with zero attached hydrogens (tertiary/aromatic N) is 1. The van der Waals surface area contributed by atoms with Gasteiger partial charge in [-0.15, -0.1) is 0 Å². The predicted molar refractivity (Wildman–Crippen MR) is 77.9 cm³/mol. The largest absolute Gasteiger partial charge is 0.375 e. The molecule has 6 heteroatoms. The van der Waals surface area contributed by atoms with Crippen LogP contribution in [0.25, 0.3) is 0 Å². The minimum atomic E-state index is -0.260. The van der Waals surface area contributed by atoms with E-state index in [1.54, 1.807) is 36.5 Å². The molecule has 1 aliphatic rings. The molecule has 1 amide bonds. The van der Waals surface area contributed by atoms with Crippen molar-refractivity contribution in [3.05, 3.63) is 52.2 Å². The third-order valence-electron chi connectivity index (χ3n) is 2.48. The van der Waals surface area contributed by atoms with Crippen molar-refractivity contribution in [2.24, 2.45) is 0 Å². The van der Waals surface area contributed by atoms with Crippen LogP contribution in [0.5, 0.6) is 0 Å². The molecule has 0 saturated heterocycles. The Morgan fingerprint density at radius 2 is 2.16 bits per heavy atom. The predicted octanol–water partition coefficient (Wildman–Crippen LogP) is 2.74. The number of likely N-dealkylation sites (N-methyl/N-ethyl adjacent to an activating group) is 1. The molecule has 0 saturated carbocycles. The first kappa shape index (κ1) is 13.8. The lowest BCUT2D eigenvalue weighted by Gasteiger charge is -2.20. The molecule has 1 aliphatic heterocycles. The maximum atomic E-state index is 11.9. The van der Waals surface area contributed by atoms with Gasteiger partial charge in [0.2, 0.25) is 0 Å². The second-order valence-corrected chi connectivity index (χ2v) is 5.10. The van der Waals surface area contributed by atoms with Crippen molar-refractivity contribution >= 4 is 34.8 Å². The Kier molecular flexibility index (Phi) is 4.35. The topological polar surface area (TPSA) is 44.4 Å². The van der Waals surface area contributed by atoms with Gasteiger partial charge in [-0.05, 0) is 24.3 Å². The lowest BCUT2D eigenvalue weighted by Crippen LogP contribution is -2.32. The Hall–Kier alpha value is -1.65. The Balaban J connectivity index is 1.98. The van der Waals surface area contributed by atoms with Crippen LogP contribution >= 0.6 is 23.2 Å². The van der Waals surface area contributed by atoms with Gasteiger partial charge in [-0.1, -0.05) is 29.3 Å². The molecule has 100 valence electrons. The molecule has 1 aromatic rings. The summed E-state index contributed by atoms with van der Waals surface area (Å²) in [7, 11) is 1.85. The number of amides is 1. The lowest BCUT2D eigenvalue weighted by molar-refractivity contribution is -0.116. The quantitative estimate of drug-likeness (QED) is 0.843. The standard InChI is InChI=1S/C13H13Cl2N3O/c1-18-7-9(5-11(15)8-18)13(19)17-16-12-4-2-3-10(14)6-12/h2-7,16H,8H2,1H3,(H,17,19). The van der Waals surface area contributed by atoms with Crippen molar-refractivity contribution in [3.63, 3.8) is 0 Å². The van der Waals surface area contributed by atoms with E-state index in [4.69, 9.17) is 23.2 Å². The van der Waals surface area contributed by atoms with Crippen LogP contribution in [-0.2, 0) is 4.79 Å². The maximum absolute atomic E-state index is 11.9.